The highest BCUT2D eigenvalue weighted by atomic mass is 32.2. The molecule has 1 N–H and O–H groups in total. The number of thiazole rings is 1. The third-order valence-corrected chi connectivity index (χ3v) is 6.21. The van der Waals surface area contributed by atoms with E-state index in [1.165, 1.54) is 11.3 Å². The van der Waals surface area contributed by atoms with Crippen LogP contribution in [-0.4, -0.2) is 20.9 Å². The Morgan fingerprint density at radius 2 is 1.86 bits per heavy atom. The maximum absolute atomic E-state index is 12.4. The number of aromatic nitrogens is 3. The molecule has 2 heterocycles. The Hall–Kier alpha value is -2.64. The molecule has 0 aliphatic rings. The average Bonchev–Trinajstić information content (AvgIpc) is 3.29. The van der Waals surface area contributed by atoms with Gasteiger partial charge in [-0.05, 0) is 37.1 Å². The summed E-state index contributed by atoms with van der Waals surface area (Å²) in [5.74, 6) is 0.651. The number of nitrogens with zero attached hydrogens (tertiary/aromatic N) is 3. The monoisotopic (exact) mass is 408 g/mol. The predicted octanol–water partition coefficient (Wildman–Crippen LogP) is 5.61. The summed E-state index contributed by atoms with van der Waals surface area (Å²) in [5.41, 5.74) is 5.96. The molecule has 0 fully saturated rings. The molecule has 4 aromatic rings. The lowest BCUT2D eigenvalue weighted by Crippen LogP contribution is -2.24. The van der Waals surface area contributed by atoms with Gasteiger partial charge in [0.1, 0.15) is 0 Å². The van der Waals surface area contributed by atoms with Crippen molar-refractivity contribution in [3.8, 4) is 0 Å². The summed E-state index contributed by atoms with van der Waals surface area (Å²) in [5, 5.41) is 3.58. The van der Waals surface area contributed by atoms with Crippen LogP contribution < -0.4 is 4.90 Å². The zero-order valence-corrected chi connectivity index (χ0v) is 17.5. The number of H-pyrrole nitrogens is 1. The first-order valence-electron chi connectivity index (χ1n) is 8.92. The van der Waals surface area contributed by atoms with Gasteiger partial charge in [-0.15, -0.1) is 11.3 Å². The number of nitrogens with one attached hydrogen (secondary N) is 1. The number of benzene rings is 2. The van der Waals surface area contributed by atoms with E-state index in [2.05, 4.69) is 9.97 Å². The highest BCUT2D eigenvalue weighted by molar-refractivity contribution is 7.98. The van der Waals surface area contributed by atoms with E-state index in [4.69, 9.17) is 4.98 Å². The molecule has 0 saturated carbocycles. The van der Waals surface area contributed by atoms with E-state index in [-0.39, 0.29) is 5.91 Å². The van der Waals surface area contributed by atoms with Crippen LogP contribution in [0.15, 0.2) is 53.0 Å². The maximum Gasteiger partial charge on any atom is 0.230 e. The first-order chi connectivity index (χ1) is 13.5. The third kappa shape index (κ3) is 3.68. The highest BCUT2D eigenvalue weighted by Crippen LogP contribution is 2.34. The number of rotatable bonds is 5. The van der Waals surface area contributed by atoms with E-state index in [1.807, 2.05) is 61.7 Å². The van der Waals surface area contributed by atoms with Gasteiger partial charge in [0.2, 0.25) is 5.91 Å². The molecule has 0 aliphatic carbocycles. The Morgan fingerprint density at radius 3 is 2.57 bits per heavy atom. The Bertz CT molecular complexity index is 1090. The second-order valence-electron chi connectivity index (χ2n) is 6.56. The molecular weight excluding hydrogens is 388 g/mol. The van der Waals surface area contributed by atoms with Crippen molar-refractivity contribution in [3.05, 3.63) is 64.7 Å². The SMILES string of the molecule is CC(=O)N(c1nc(CSc2nc3ccccc3[nH]2)cs1)c1c(C)cccc1C. The molecule has 0 bridgehead atoms. The molecule has 0 unspecified atom stereocenters. The number of fused-ring (bicyclic) bond motifs is 1. The normalized spacial score (nSPS) is 11.1. The zero-order chi connectivity index (χ0) is 19.7. The molecule has 5 nitrogen and oxygen atoms in total. The molecule has 0 atom stereocenters. The molecule has 142 valence electrons. The molecule has 4 rings (SSSR count). The van der Waals surface area contributed by atoms with Crippen molar-refractivity contribution in [2.24, 2.45) is 0 Å². The van der Waals surface area contributed by atoms with Crippen LogP contribution in [0.1, 0.15) is 23.7 Å². The Labute approximate surface area is 171 Å². The summed E-state index contributed by atoms with van der Waals surface area (Å²) in [6, 6.07) is 14.0. The van der Waals surface area contributed by atoms with Gasteiger partial charge in [0, 0.05) is 18.1 Å². The fourth-order valence-corrected chi connectivity index (χ4v) is 4.91. The van der Waals surface area contributed by atoms with Crippen LogP contribution in [-0.2, 0) is 10.5 Å². The molecule has 2 aromatic heterocycles. The summed E-state index contributed by atoms with van der Waals surface area (Å²) >= 11 is 3.10. The summed E-state index contributed by atoms with van der Waals surface area (Å²) in [7, 11) is 0. The number of hydrogen-bond acceptors (Lipinski definition) is 5. The van der Waals surface area contributed by atoms with Crippen LogP contribution >= 0.6 is 23.1 Å². The van der Waals surface area contributed by atoms with Crippen molar-refractivity contribution in [1.29, 1.82) is 0 Å². The van der Waals surface area contributed by atoms with Gasteiger partial charge >= 0.3 is 0 Å². The number of thioether (sulfide) groups is 1. The molecule has 7 heteroatoms. The maximum atomic E-state index is 12.4. The van der Waals surface area contributed by atoms with Crippen molar-refractivity contribution in [2.45, 2.75) is 31.7 Å². The Kier molecular flexibility index (Phi) is 5.19. The fraction of sp³-hybridized carbons (Fsp3) is 0.190. The zero-order valence-electron chi connectivity index (χ0n) is 15.9. The summed E-state index contributed by atoms with van der Waals surface area (Å²) in [6.07, 6.45) is 0. The molecule has 0 spiro atoms. The van der Waals surface area contributed by atoms with E-state index in [0.29, 0.717) is 10.9 Å². The quantitative estimate of drug-likeness (QED) is 0.436. The minimum Gasteiger partial charge on any atom is -0.333 e. The Balaban J connectivity index is 1.56. The van der Waals surface area contributed by atoms with Gasteiger partial charge in [-0.2, -0.15) is 0 Å². The molecule has 28 heavy (non-hydrogen) atoms. The standard InChI is InChI=1S/C21H20N4OS2/c1-13-7-6-8-14(2)19(13)25(15(3)26)21-22-16(12-28-21)11-27-20-23-17-9-4-5-10-18(17)24-20/h4-10,12H,11H2,1-3H3,(H,23,24). The van der Waals surface area contributed by atoms with E-state index >= 15 is 0 Å². The van der Waals surface area contributed by atoms with Crippen molar-refractivity contribution in [2.75, 3.05) is 4.90 Å². The molecule has 0 saturated heterocycles. The molecule has 0 aliphatic heterocycles. The molecule has 0 radical (unpaired) electrons. The molecule has 2 aromatic carbocycles. The largest absolute Gasteiger partial charge is 0.333 e. The Morgan fingerprint density at radius 1 is 1.11 bits per heavy atom. The second kappa shape index (κ2) is 7.77. The van der Waals surface area contributed by atoms with Crippen LogP contribution in [0.3, 0.4) is 0 Å². The van der Waals surface area contributed by atoms with Crippen LogP contribution in [0.4, 0.5) is 10.8 Å². The van der Waals surface area contributed by atoms with Gasteiger partial charge in [-0.3, -0.25) is 9.69 Å². The van der Waals surface area contributed by atoms with Gasteiger partial charge < -0.3 is 4.98 Å². The number of carbonyl (C=O) groups is 1. The van der Waals surface area contributed by atoms with Gasteiger partial charge in [0.15, 0.2) is 10.3 Å². The predicted molar refractivity (Wildman–Crippen MR) is 117 cm³/mol. The van der Waals surface area contributed by atoms with E-state index in [0.717, 1.165) is 38.7 Å². The number of amides is 1. The van der Waals surface area contributed by atoms with E-state index in [1.54, 1.807) is 23.6 Å². The number of aryl methyl sites for hydroxylation is 2. The lowest BCUT2D eigenvalue weighted by Gasteiger charge is -2.22. The van der Waals surface area contributed by atoms with Crippen molar-refractivity contribution in [3.63, 3.8) is 0 Å². The molecular formula is C21H20N4OS2. The van der Waals surface area contributed by atoms with Crippen LogP contribution in [0, 0.1) is 13.8 Å². The van der Waals surface area contributed by atoms with Crippen molar-refractivity contribution in [1.82, 2.24) is 15.0 Å². The number of carbonyl (C=O) groups excluding carboxylic acids is 1. The smallest absolute Gasteiger partial charge is 0.230 e. The number of aromatic amines is 1. The number of para-hydroxylation sites is 3. The third-order valence-electron chi connectivity index (χ3n) is 4.43. The van der Waals surface area contributed by atoms with Crippen LogP contribution in [0.25, 0.3) is 11.0 Å². The van der Waals surface area contributed by atoms with Crippen LogP contribution in [0.5, 0.6) is 0 Å². The van der Waals surface area contributed by atoms with Gasteiger partial charge in [-0.25, -0.2) is 9.97 Å². The second-order valence-corrected chi connectivity index (χ2v) is 8.36. The first-order valence-corrected chi connectivity index (χ1v) is 10.8. The van der Waals surface area contributed by atoms with Crippen molar-refractivity contribution >= 4 is 50.9 Å². The van der Waals surface area contributed by atoms with Gasteiger partial charge in [0.25, 0.3) is 0 Å². The lowest BCUT2D eigenvalue weighted by molar-refractivity contribution is -0.115. The van der Waals surface area contributed by atoms with Crippen molar-refractivity contribution < 1.29 is 4.79 Å². The molecule has 1 amide bonds. The highest BCUT2D eigenvalue weighted by Gasteiger charge is 2.21. The first kappa shape index (κ1) is 18.7. The average molecular weight is 409 g/mol. The minimum absolute atomic E-state index is 0.0387. The summed E-state index contributed by atoms with van der Waals surface area (Å²) < 4.78 is 0. The number of imidazole rings is 1. The number of hydrogen-bond donors (Lipinski definition) is 1. The van der Waals surface area contributed by atoms with Gasteiger partial charge in [0.05, 0.1) is 22.4 Å². The topological polar surface area (TPSA) is 61.9 Å². The summed E-state index contributed by atoms with van der Waals surface area (Å²) in [4.78, 5) is 26.7. The van der Waals surface area contributed by atoms with Crippen LogP contribution in [0.2, 0.25) is 0 Å². The number of anilines is 2. The fourth-order valence-electron chi connectivity index (χ4n) is 3.15. The lowest BCUT2D eigenvalue weighted by atomic mass is 10.1. The van der Waals surface area contributed by atoms with E-state index in [9.17, 15) is 4.79 Å². The minimum atomic E-state index is -0.0387. The summed E-state index contributed by atoms with van der Waals surface area (Å²) in [6.45, 7) is 5.62. The van der Waals surface area contributed by atoms with E-state index < -0.39 is 0 Å². The van der Waals surface area contributed by atoms with Gasteiger partial charge in [-0.1, -0.05) is 42.1 Å².